The van der Waals surface area contributed by atoms with Gasteiger partial charge in [0.15, 0.2) is 5.78 Å². The van der Waals surface area contributed by atoms with E-state index in [0.29, 0.717) is 24.2 Å². The van der Waals surface area contributed by atoms with Gasteiger partial charge in [-0.2, -0.15) is 0 Å². The summed E-state index contributed by atoms with van der Waals surface area (Å²) in [6.07, 6.45) is 1.39. The molecule has 3 nitrogen and oxygen atoms in total. The highest BCUT2D eigenvalue weighted by Gasteiger charge is 2.42. The van der Waals surface area contributed by atoms with Crippen LogP contribution in [0, 0.1) is 5.41 Å². The molecule has 0 fully saturated rings. The molecule has 0 spiro atoms. The number of rotatable bonds is 1. The number of hydrogen-bond acceptors (Lipinski definition) is 3. The fourth-order valence-electron chi connectivity index (χ4n) is 3.91. The summed E-state index contributed by atoms with van der Waals surface area (Å²) in [6, 6.07) is 14.3. The van der Waals surface area contributed by atoms with Gasteiger partial charge in [-0.05, 0) is 21.8 Å². The van der Waals surface area contributed by atoms with Crippen molar-refractivity contribution < 1.29 is 14.3 Å². The van der Waals surface area contributed by atoms with Crippen LogP contribution in [-0.4, -0.2) is 11.8 Å². The van der Waals surface area contributed by atoms with Crippen LogP contribution in [0.2, 0.25) is 0 Å². The quantitative estimate of drug-likeness (QED) is 0.726. The molecule has 2 aromatic carbocycles. The average molecular weight is 320 g/mol. The second kappa shape index (κ2) is 5.30. The van der Waals surface area contributed by atoms with Crippen LogP contribution in [0.1, 0.15) is 44.6 Å². The number of hydrogen-bond donors (Lipinski definition) is 0. The molecule has 0 N–H and O–H groups in total. The Morgan fingerprint density at radius 1 is 1.00 bits per heavy atom. The van der Waals surface area contributed by atoms with Crippen LogP contribution in [0.3, 0.4) is 0 Å². The first-order chi connectivity index (χ1) is 11.4. The maximum absolute atomic E-state index is 12.7. The normalized spacial score (nSPS) is 23.2. The van der Waals surface area contributed by atoms with Gasteiger partial charge in [0.1, 0.15) is 5.76 Å². The zero-order valence-corrected chi connectivity index (χ0v) is 14.0. The van der Waals surface area contributed by atoms with Crippen molar-refractivity contribution in [2.75, 3.05) is 0 Å². The van der Waals surface area contributed by atoms with E-state index in [9.17, 15) is 9.59 Å². The van der Waals surface area contributed by atoms with Crippen molar-refractivity contribution in [1.29, 1.82) is 0 Å². The van der Waals surface area contributed by atoms with Crippen molar-refractivity contribution in [3.8, 4) is 0 Å². The maximum atomic E-state index is 12.7. The molecule has 0 amide bonds. The summed E-state index contributed by atoms with van der Waals surface area (Å²) in [6.45, 7) is 4.09. The van der Waals surface area contributed by atoms with E-state index >= 15 is 0 Å². The standard InChI is InChI=1S/C21H20O3/c1-21(2)11-17(22)20-16(10-19(23)24-18(20)12-21)15-8-7-13-5-3-4-6-14(13)9-15/h3-9,16H,10-12H2,1-2H3. The molecule has 0 saturated carbocycles. The van der Waals surface area contributed by atoms with E-state index in [0.717, 1.165) is 16.3 Å². The Hall–Kier alpha value is -2.42. The minimum Gasteiger partial charge on any atom is -0.431 e. The lowest BCUT2D eigenvalue weighted by atomic mass is 9.71. The van der Waals surface area contributed by atoms with Gasteiger partial charge < -0.3 is 4.74 Å². The zero-order chi connectivity index (χ0) is 16.9. The van der Waals surface area contributed by atoms with Crippen molar-refractivity contribution in [3.05, 3.63) is 59.4 Å². The van der Waals surface area contributed by atoms with E-state index in [4.69, 9.17) is 4.74 Å². The largest absolute Gasteiger partial charge is 0.431 e. The highest BCUT2D eigenvalue weighted by molar-refractivity contribution is 6.01. The first kappa shape index (κ1) is 15.1. The summed E-state index contributed by atoms with van der Waals surface area (Å²) in [7, 11) is 0. The van der Waals surface area contributed by atoms with Crippen LogP contribution < -0.4 is 0 Å². The van der Waals surface area contributed by atoms with E-state index in [1.807, 2.05) is 32.0 Å². The van der Waals surface area contributed by atoms with Crippen LogP contribution in [0.4, 0.5) is 0 Å². The Morgan fingerprint density at radius 2 is 1.75 bits per heavy atom. The number of carbonyl (C=O) groups excluding carboxylic acids is 2. The van der Waals surface area contributed by atoms with Crippen LogP contribution in [-0.2, 0) is 14.3 Å². The fraction of sp³-hybridized carbons (Fsp3) is 0.333. The van der Waals surface area contributed by atoms with Crippen LogP contribution >= 0.6 is 0 Å². The van der Waals surface area contributed by atoms with Gasteiger partial charge in [0.2, 0.25) is 0 Å². The molecule has 122 valence electrons. The Labute approximate surface area is 141 Å². The summed E-state index contributed by atoms with van der Waals surface area (Å²) >= 11 is 0. The molecule has 1 unspecified atom stereocenters. The van der Waals surface area contributed by atoms with Gasteiger partial charge in [-0.25, -0.2) is 0 Å². The number of Topliss-reactive ketones (excluding diaryl/α,β-unsaturated/α-hetero) is 1. The van der Waals surface area contributed by atoms with E-state index in [1.54, 1.807) is 0 Å². The summed E-state index contributed by atoms with van der Waals surface area (Å²) in [4.78, 5) is 24.9. The first-order valence-corrected chi connectivity index (χ1v) is 8.39. The van der Waals surface area contributed by atoms with E-state index in [1.165, 1.54) is 0 Å². The predicted molar refractivity (Wildman–Crippen MR) is 92.4 cm³/mol. The van der Waals surface area contributed by atoms with Gasteiger partial charge in [-0.15, -0.1) is 0 Å². The van der Waals surface area contributed by atoms with Crippen molar-refractivity contribution in [3.63, 3.8) is 0 Å². The lowest BCUT2D eigenvalue weighted by Crippen LogP contribution is -2.33. The van der Waals surface area contributed by atoms with Crippen LogP contribution in [0.25, 0.3) is 10.8 Å². The lowest BCUT2D eigenvalue weighted by Gasteiger charge is -2.36. The number of esters is 1. The van der Waals surface area contributed by atoms with Gasteiger partial charge in [0.05, 0.1) is 6.42 Å². The molecule has 4 rings (SSSR count). The van der Waals surface area contributed by atoms with Gasteiger partial charge in [0.25, 0.3) is 0 Å². The second-order valence-corrected chi connectivity index (χ2v) is 7.62. The van der Waals surface area contributed by atoms with Gasteiger partial charge in [-0.3, -0.25) is 9.59 Å². The number of ether oxygens (including phenoxy) is 1. The highest BCUT2D eigenvalue weighted by Crippen LogP contribution is 2.46. The molecular weight excluding hydrogens is 300 g/mol. The number of benzene rings is 2. The highest BCUT2D eigenvalue weighted by atomic mass is 16.5. The summed E-state index contributed by atoms with van der Waals surface area (Å²) < 4.78 is 5.46. The Bertz CT molecular complexity index is 889. The monoisotopic (exact) mass is 320 g/mol. The van der Waals surface area contributed by atoms with Gasteiger partial charge >= 0.3 is 5.97 Å². The number of allylic oxidation sites excluding steroid dienone is 2. The summed E-state index contributed by atoms with van der Waals surface area (Å²) in [5, 5.41) is 2.28. The smallest absolute Gasteiger partial charge is 0.311 e. The van der Waals surface area contributed by atoms with Crippen molar-refractivity contribution in [2.24, 2.45) is 5.41 Å². The average Bonchev–Trinajstić information content (AvgIpc) is 2.52. The number of fused-ring (bicyclic) bond motifs is 1. The third kappa shape index (κ3) is 2.54. The molecule has 0 aromatic heterocycles. The summed E-state index contributed by atoms with van der Waals surface area (Å²) in [5.41, 5.74) is 1.58. The molecule has 2 aromatic rings. The molecule has 0 saturated heterocycles. The van der Waals surface area contributed by atoms with Crippen molar-refractivity contribution in [1.82, 2.24) is 0 Å². The third-order valence-electron chi connectivity index (χ3n) is 5.01. The maximum Gasteiger partial charge on any atom is 0.311 e. The molecule has 0 bridgehead atoms. The molecule has 3 heteroatoms. The third-order valence-corrected chi connectivity index (χ3v) is 5.01. The Balaban J connectivity index is 1.83. The summed E-state index contributed by atoms with van der Waals surface area (Å²) in [5.74, 6) is 0.282. The SMILES string of the molecule is CC1(C)CC(=O)C2=C(C1)OC(=O)CC2c1ccc2ccccc2c1. The Morgan fingerprint density at radius 3 is 2.54 bits per heavy atom. The molecule has 24 heavy (non-hydrogen) atoms. The number of carbonyl (C=O) groups is 2. The topological polar surface area (TPSA) is 43.4 Å². The van der Waals surface area contributed by atoms with Crippen molar-refractivity contribution in [2.45, 2.75) is 39.0 Å². The Kier molecular flexibility index (Phi) is 3.34. The van der Waals surface area contributed by atoms with E-state index < -0.39 is 0 Å². The van der Waals surface area contributed by atoms with Crippen LogP contribution in [0.15, 0.2) is 53.8 Å². The van der Waals surface area contributed by atoms with E-state index in [-0.39, 0.29) is 29.5 Å². The predicted octanol–water partition coefficient (Wildman–Crippen LogP) is 4.51. The lowest BCUT2D eigenvalue weighted by molar-refractivity contribution is -0.142. The van der Waals surface area contributed by atoms with Crippen molar-refractivity contribution >= 4 is 22.5 Å². The fourth-order valence-corrected chi connectivity index (χ4v) is 3.91. The molecule has 0 radical (unpaired) electrons. The minimum atomic E-state index is -0.239. The van der Waals surface area contributed by atoms with Gasteiger partial charge in [-0.1, -0.05) is 56.3 Å². The number of ketones is 1. The van der Waals surface area contributed by atoms with Crippen LogP contribution in [0.5, 0.6) is 0 Å². The van der Waals surface area contributed by atoms with Gasteiger partial charge in [0, 0.05) is 24.3 Å². The zero-order valence-electron chi connectivity index (χ0n) is 14.0. The molecule has 1 heterocycles. The molecule has 1 atom stereocenters. The van der Waals surface area contributed by atoms with E-state index in [2.05, 4.69) is 24.3 Å². The molecule has 1 aliphatic carbocycles. The minimum absolute atomic E-state index is 0.118. The molecular formula is C21H20O3. The molecule has 2 aliphatic rings. The molecule has 1 aliphatic heterocycles. The second-order valence-electron chi connectivity index (χ2n) is 7.62. The first-order valence-electron chi connectivity index (χ1n) is 8.39.